The smallest absolute Gasteiger partial charge is 0.134 e. The van der Waals surface area contributed by atoms with Crippen molar-refractivity contribution in [1.82, 2.24) is 14.8 Å². The maximum Gasteiger partial charge on any atom is 0.134 e. The Balaban J connectivity index is 3.05. The Morgan fingerprint density at radius 1 is 1.40 bits per heavy atom. The maximum atomic E-state index is 3.98. The number of hydrogen-bond acceptors (Lipinski definition) is 2. The zero-order chi connectivity index (χ0) is 7.72. The summed E-state index contributed by atoms with van der Waals surface area (Å²) < 4.78 is 1.93. The standard InChI is InChI=1S/C6H10N3Si/c1-4(2)5-7-8-6(10)9(5)3/h4H,1-3H3. The average molecular weight is 152 g/mol. The third kappa shape index (κ3) is 1.11. The molecule has 0 atom stereocenters. The molecule has 0 aromatic carbocycles. The summed E-state index contributed by atoms with van der Waals surface area (Å²) in [5.74, 6) is 1.44. The quantitative estimate of drug-likeness (QED) is 0.519. The molecular formula is C6H10N3Si. The molecule has 1 rings (SSSR count). The van der Waals surface area contributed by atoms with E-state index in [9.17, 15) is 0 Å². The average Bonchev–Trinajstić information content (AvgIpc) is 2.14. The lowest BCUT2D eigenvalue weighted by atomic mass is 10.2. The van der Waals surface area contributed by atoms with Gasteiger partial charge in [0.25, 0.3) is 0 Å². The van der Waals surface area contributed by atoms with E-state index in [1.165, 1.54) is 0 Å². The zero-order valence-electron chi connectivity index (χ0n) is 6.42. The van der Waals surface area contributed by atoms with Crippen molar-refractivity contribution >= 4 is 15.7 Å². The van der Waals surface area contributed by atoms with Gasteiger partial charge >= 0.3 is 0 Å². The molecule has 0 amide bonds. The van der Waals surface area contributed by atoms with Crippen LogP contribution in [-0.2, 0) is 7.05 Å². The summed E-state index contributed by atoms with van der Waals surface area (Å²) in [6.07, 6.45) is 0. The lowest BCUT2D eigenvalue weighted by molar-refractivity contribution is 0.714. The summed E-state index contributed by atoms with van der Waals surface area (Å²) in [4.78, 5) is 0. The molecule has 3 radical (unpaired) electrons. The van der Waals surface area contributed by atoms with Crippen molar-refractivity contribution < 1.29 is 0 Å². The summed E-state index contributed by atoms with van der Waals surface area (Å²) >= 11 is 0. The highest BCUT2D eigenvalue weighted by Crippen LogP contribution is 2.06. The first-order chi connectivity index (χ1) is 4.63. The second-order valence-electron chi connectivity index (χ2n) is 2.60. The molecule has 0 bridgehead atoms. The van der Waals surface area contributed by atoms with Gasteiger partial charge in [-0.05, 0) is 0 Å². The lowest BCUT2D eigenvalue weighted by Crippen LogP contribution is -2.17. The van der Waals surface area contributed by atoms with Crippen LogP contribution >= 0.6 is 0 Å². The zero-order valence-corrected chi connectivity index (χ0v) is 7.42. The van der Waals surface area contributed by atoms with Crippen LogP contribution in [0.2, 0.25) is 0 Å². The van der Waals surface area contributed by atoms with Gasteiger partial charge in [0.2, 0.25) is 0 Å². The highest BCUT2D eigenvalue weighted by atomic mass is 28.1. The minimum Gasteiger partial charge on any atom is -0.323 e. The Labute approximate surface area is 63.9 Å². The molecule has 0 fully saturated rings. The first-order valence-electron chi connectivity index (χ1n) is 3.24. The van der Waals surface area contributed by atoms with Gasteiger partial charge in [0.05, 0.1) is 0 Å². The predicted octanol–water partition coefficient (Wildman–Crippen LogP) is -0.268. The van der Waals surface area contributed by atoms with E-state index < -0.39 is 0 Å². The molecule has 1 aromatic rings. The van der Waals surface area contributed by atoms with Gasteiger partial charge in [-0.25, -0.2) is 0 Å². The molecule has 1 heterocycles. The van der Waals surface area contributed by atoms with Crippen molar-refractivity contribution in [1.29, 1.82) is 0 Å². The summed E-state index contributed by atoms with van der Waals surface area (Å²) in [6.45, 7) is 4.19. The second kappa shape index (κ2) is 2.54. The maximum absolute atomic E-state index is 3.98. The normalized spacial score (nSPS) is 10.9. The summed E-state index contributed by atoms with van der Waals surface area (Å²) in [7, 11) is 5.26. The van der Waals surface area contributed by atoms with Gasteiger partial charge in [0.15, 0.2) is 0 Å². The fraction of sp³-hybridized carbons (Fsp3) is 0.667. The third-order valence-corrected chi connectivity index (χ3v) is 1.86. The molecular weight excluding hydrogens is 142 g/mol. The predicted molar refractivity (Wildman–Crippen MR) is 40.5 cm³/mol. The van der Waals surface area contributed by atoms with Crippen molar-refractivity contribution in [2.75, 3.05) is 0 Å². The Bertz CT molecular complexity index is 229. The Hall–Kier alpha value is -0.643. The van der Waals surface area contributed by atoms with Crippen LogP contribution in [0.15, 0.2) is 0 Å². The van der Waals surface area contributed by atoms with Gasteiger partial charge in [-0.2, -0.15) is 0 Å². The van der Waals surface area contributed by atoms with Crippen molar-refractivity contribution in [3.8, 4) is 0 Å². The molecule has 0 aliphatic rings. The molecule has 0 unspecified atom stereocenters. The summed E-state index contributed by atoms with van der Waals surface area (Å²) in [5.41, 5.74) is 0.781. The van der Waals surface area contributed by atoms with Gasteiger partial charge in [-0.1, -0.05) is 13.8 Å². The van der Waals surface area contributed by atoms with Gasteiger partial charge in [0.1, 0.15) is 21.5 Å². The van der Waals surface area contributed by atoms with E-state index in [0.717, 1.165) is 11.3 Å². The van der Waals surface area contributed by atoms with Crippen LogP contribution in [0.3, 0.4) is 0 Å². The lowest BCUT2D eigenvalue weighted by Gasteiger charge is -2.02. The molecule has 53 valence electrons. The first kappa shape index (κ1) is 7.46. The largest absolute Gasteiger partial charge is 0.323 e. The van der Waals surface area contributed by atoms with Crippen LogP contribution in [0.1, 0.15) is 25.6 Å². The van der Waals surface area contributed by atoms with E-state index in [-0.39, 0.29) is 0 Å². The highest BCUT2D eigenvalue weighted by Gasteiger charge is 2.07. The van der Waals surface area contributed by atoms with Crippen LogP contribution in [0.5, 0.6) is 0 Å². The van der Waals surface area contributed by atoms with Crippen LogP contribution in [0.25, 0.3) is 0 Å². The SMILES string of the molecule is CC(C)c1nnc([Si])n1C. The molecule has 0 N–H and O–H groups in total. The minimum absolute atomic E-state index is 0.433. The van der Waals surface area contributed by atoms with Crippen LogP contribution in [0.4, 0.5) is 0 Å². The van der Waals surface area contributed by atoms with E-state index in [0.29, 0.717) is 5.92 Å². The van der Waals surface area contributed by atoms with E-state index in [1.807, 2.05) is 11.6 Å². The third-order valence-electron chi connectivity index (χ3n) is 1.42. The van der Waals surface area contributed by atoms with Crippen molar-refractivity contribution in [3.05, 3.63) is 5.82 Å². The van der Waals surface area contributed by atoms with E-state index in [4.69, 9.17) is 0 Å². The second-order valence-corrected chi connectivity index (χ2v) is 3.04. The molecule has 0 aliphatic heterocycles. The molecule has 4 heteroatoms. The molecule has 0 saturated heterocycles. The molecule has 1 aromatic heterocycles. The number of rotatable bonds is 1. The Kier molecular flexibility index (Phi) is 1.89. The van der Waals surface area contributed by atoms with Gasteiger partial charge in [-0.3, -0.25) is 0 Å². The molecule has 0 spiro atoms. The van der Waals surface area contributed by atoms with Crippen LogP contribution in [-0.4, -0.2) is 25.0 Å². The monoisotopic (exact) mass is 152 g/mol. The van der Waals surface area contributed by atoms with E-state index >= 15 is 0 Å². The minimum atomic E-state index is 0.433. The molecule has 0 saturated carbocycles. The van der Waals surface area contributed by atoms with Crippen molar-refractivity contribution in [3.63, 3.8) is 0 Å². The van der Waals surface area contributed by atoms with E-state index in [2.05, 4.69) is 34.3 Å². The fourth-order valence-electron chi connectivity index (χ4n) is 0.844. The van der Waals surface area contributed by atoms with Gasteiger partial charge in [0, 0.05) is 13.0 Å². The summed E-state index contributed by atoms with van der Waals surface area (Å²) in [5, 5.41) is 7.84. The Morgan fingerprint density at radius 2 is 2.00 bits per heavy atom. The van der Waals surface area contributed by atoms with Crippen LogP contribution < -0.4 is 5.45 Å². The fourth-order valence-corrected chi connectivity index (χ4v) is 1.01. The summed E-state index contributed by atoms with van der Waals surface area (Å²) in [6, 6.07) is 0. The molecule has 10 heavy (non-hydrogen) atoms. The van der Waals surface area contributed by atoms with Crippen LogP contribution in [0, 0.1) is 0 Å². The van der Waals surface area contributed by atoms with E-state index in [1.54, 1.807) is 0 Å². The highest BCUT2D eigenvalue weighted by molar-refractivity contribution is 6.29. The molecule has 0 aliphatic carbocycles. The Morgan fingerprint density at radius 3 is 2.20 bits per heavy atom. The van der Waals surface area contributed by atoms with Gasteiger partial charge in [-0.15, -0.1) is 10.2 Å². The number of nitrogens with zero attached hydrogens (tertiary/aromatic N) is 3. The topological polar surface area (TPSA) is 30.7 Å². The van der Waals surface area contributed by atoms with Crippen molar-refractivity contribution in [2.24, 2.45) is 7.05 Å². The van der Waals surface area contributed by atoms with Gasteiger partial charge < -0.3 is 4.57 Å². The number of aromatic nitrogens is 3. The first-order valence-corrected chi connectivity index (χ1v) is 3.74. The molecule has 3 nitrogen and oxygen atoms in total. The van der Waals surface area contributed by atoms with Crippen molar-refractivity contribution in [2.45, 2.75) is 19.8 Å². The number of hydrogen-bond donors (Lipinski definition) is 0.